The van der Waals surface area contributed by atoms with Gasteiger partial charge in [0.15, 0.2) is 0 Å². The van der Waals surface area contributed by atoms with Gasteiger partial charge < -0.3 is 29.5 Å². The third kappa shape index (κ3) is 18.8. The Labute approximate surface area is 340 Å². The van der Waals surface area contributed by atoms with Gasteiger partial charge in [-0.1, -0.05) is 91.0 Å². The topological polar surface area (TPSA) is 140 Å². The van der Waals surface area contributed by atoms with Gasteiger partial charge in [0.25, 0.3) is 0 Å². The lowest BCUT2D eigenvalue weighted by molar-refractivity contribution is -0.149. The fraction of sp³-hybridized carbons (Fsp3) is 0.562. The van der Waals surface area contributed by atoms with E-state index in [1.54, 1.807) is 0 Å². The summed E-state index contributed by atoms with van der Waals surface area (Å²) in [6.07, 6.45) is 16.4. The third-order valence-corrected chi connectivity index (χ3v) is 11.3. The Balaban J connectivity index is 0.000000219. The molecule has 3 aromatic rings. The quantitative estimate of drug-likeness (QED) is 0.0756. The number of esters is 1. The van der Waals surface area contributed by atoms with Gasteiger partial charge in [0.05, 0.1) is 42.7 Å². The normalized spacial score (nSPS) is 22.5. The number of aryl methyl sites for hydroxylation is 3. The first-order valence-electron chi connectivity index (χ1n) is 21.4. The maximum atomic E-state index is 12.3. The van der Waals surface area contributed by atoms with Crippen molar-refractivity contribution < 1.29 is 43.9 Å². The van der Waals surface area contributed by atoms with Crippen LogP contribution in [0.1, 0.15) is 113 Å². The number of carbonyl (C=O) groups is 3. The molecule has 6 atom stereocenters. The van der Waals surface area contributed by atoms with Gasteiger partial charge in [-0.05, 0) is 132 Å². The summed E-state index contributed by atoms with van der Waals surface area (Å²) in [5, 5.41) is 26.2. The Kier molecular flexibility index (Phi) is 21.5. The van der Waals surface area contributed by atoms with E-state index in [0.717, 1.165) is 103 Å². The van der Waals surface area contributed by atoms with Crippen LogP contribution in [-0.4, -0.2) is 71.4 Å². The van der Waals surface area contributed by atoms with Gasteiger partial charge in [0.1, 0.15) is 0 Å². The van der Waals surface area contributed by atoms with Gasteiger partial charge in [-0.3, -0.25) is 14.4 Å². The number of hydrogen-bond acceptors (Lipinski definition) is 7. The Morgan fingerprint density at radius 3 is 1.25 bits per heavy atom. The van der Waals surface area contributed by atoms with Crippen molar-refractivity contribution in [3.05, 3.63) is 108 Å². The fourth-order valence-electron chi connectivity index (χ4n) is 7.82. The van der Waals surface area contributed by atoms with E-state index in [-0.39, 0.29) is 42.0 Å². The van der Waals surface area contributed by atoms with Crippen molar-refractivity contribution in [3.8, 4) is 0 Å². The number of benzene rings is 3. The van der Waals surface area contributed by atoms with Crippen LogP contribution in [0.5, 0.6) is 0 Å². The van der Waals surface area contributed by atoms with Crippen LogP contribution in [0.3, 0.4) is 0 Å². The first kappa shape index (κ1) is 45.6. The molecule has 3 saturated carbocycles. The minimum Gasteiger partial charge on any atom is -0.481 e. The summed E-state index contributed by atoms with van der Waals surface area (Å²) >= 11 is 0. The number of rotatable bonds is 20. The Morgan fingerprint density at radius 1 is 0.474 bits per heavy atom. The molecular formula is C48H66O9. The molecule has 0 aromatic heterocycles. The van der Waals surface area contributed by atoms with E-state index in [4.69, 9.17) is 29.5 Å². The van der Waals surface area contributed by atoms with Crippen LogP contribution in [-0.2, 0) is 47.9 Å². The van der Waals surface area contributed by atoms with Gasteiger partial charge >= 0.3 is 17.9 Å². The molecule has 9 nitrogen and oxygen atoms in total. The van der Waals surface area contributed by atoms with Gasteiger partial charge in [-0.2, -0.15) is 0 Å². The molecular weight excluding hydrogens is 721 g/mol. The van der Waals surface area contributed by atoms with E-state index < -0.39 is 11.9 Å². The molecule has 0 bridgehead atoms. The molecule has 0 amide bonds. The lowest BCUT2D eigenvalue weighted by Crippen LogP contribution is -2.18. The highest BCUT2D eigenvalue weighted by Crippen LogP contribution is 2.30. The number of ether oxygens (including phenoxy) is 3. The second-order valence-electron chi connectivity index (χ2n) is 15.8. The predicted octanol–water partition coefficient (Wildman–Crippen LogP) is 9.27. The molecule has 3 fully saturated rings. The van der Waals surface area contributed by atoms with Gasteiger partial charge in [-0.25, -0.2) is 0 Å². The van der Waals surface area contributed by atoms with E-state index in [1.807, 2.05) is 12.1 Å². The van der Waals surface area contributed by atoms with E-state index in [0.29, 0.717) is 32.3 Å². The molecule has 3 aliphatic carbocycles. The highest BCUT2D eigenvalue weighted by Gasteiger charge is 2.32. The molecule has 0 aliphatic heterocycles. The average Bonchev–Trinajstić information content (AvgIpc) is 4.01. The summed E-state index contributed by atoms with van der Waals surface area (Å²) in [4.78, 5) is 33.3. The van der Waals surface area contributed by atoms with Crippen molar-refractivity contribution >= 4 is 17.9 Å². The molecule has 3 aliphatic rings. The number of unbranched alkanes of at least 4 members (excludes halogenated alkanes) is 3. The minimum absolute atomic E-state index is 0.0263. The molecule has 0 heterocycles. The maximum Gasteiger partial charge on any atom is 0.309 e. The number of carbonyl (C=O) groups excluding carboxylic acids is 1. The third-order valence-electron chi connectivity index (χ3n) is 11.3. The smallest absolute Gasteiger partial charge is 0.309 e. The Bertz CT molecular complexity index is 1530. The zero-order chi connectivity index (χ0) is 40.5. The van der Waals surface area contributed by atoms with Crippen molar-refractivity contribution in [1.82, 2.24) is 0 Å². The van der Waals surface area contributed by atoms with Crippen LogP contribution in [0, 0.1) is 17.8 Å². The maximum absolute atomic E-state index is 12.3. The summed E-state index contributed by atoms with van der Waals surface area (Å²) in [6.45, 7) is 2.08. The van der Waals surface area contributed by atoms with Crippen LogP contribution < -0.4 is 0 Å². The Morgan fingerprint density at radius 2 is 0.860 bits per heavy atom. The highest BCUT2D eigenvalue weighted by atomic mass is 16.5. The van der Waals surface area contributed by atoms with Crippen molar-refractivity contribution in [3.63, 3.8) is 0 Å². The van der Waals surface area contributed by atoms with E-state index in [2.05, 4.69) is 78.9 Å². The molecule has 9 heteroatoms. The molecule has 0 unspecified atom stereocenters. The lowest BCUT2D eigenvalue weighted by atomic mass is 10.1. The van der Waals surface area contributed by atoms with Crippen LogP contribution >= 0.6 is 0 Å². The minimum atomic E-state index is -0.772. The zero-order valence-electron chi connectivity index (χ0n) is 33.8. The molecule has 0 radical (unpaired) electrons. The lowest BCUT2D eigenvalue weighted by Gasteiger charge is -2.13. The monoisotopic (exact) mass is 786 g/mol. The van der Waals surface area contributed by atoms with E-state index >= 15 is 0 Å². The number of aliphatic carboxylic acids is 2. The fourth-order valence-corrected chi connectivity index (χ4v) is 7.82. The summed E-state index contributed by atoms with van der Waals surface area (Å²) in [5.41, 5.74) is 4.10. The molecule has 3 aromatic carbocycles. The summed E-state index contributed by atoms with van der Waals surface area (Å²) < 4.78 is 17.3. The predicted molar refractivity (Wildman–Crippen MR) is 222 cm³/mol. The first-order valence-corrected chi connectivity index (χ1v) is 21.4. The standard InChI is InChI=1S/C26H34O3.C16H22O3.C6H10O3/c27-26(29-20-10-8-16-23-13-5-2-6-14-23)24-17-18-25(21-24)28-19-9-7-15-22-11-3-1-4-12-22;17-16(18)14-9-10-15(12-14)19-11-5-4-8-13-6-2-1-3-7-13;7-5-2-1-4(3-5)6(8)9/h1-6,11-14,24-25H,7-10,15-21H2;1-3,6-7,14-15H,4-5,8-12H2,(H,17,18);4-5,7H,1-3H2,(H,8,9)/t24-,25+;14-,15+;4-,5-/m000/s1. The van der Waals surface area contributed by atoms with Crippen LogP contribution in [0.2, 0.25) is 0 Å². The highest BCUT2D eigenvalue weighted by molar-refractivity contribution is 5.73. The second kappa shape index (κ2) is 26.8. The zero-order valence-corrected chi connectivity index (χ0v) is 33.8. The molecule has 6 rings (SSSR count). The molecule has 3 N–H and O–H groups in total. The molecule has 0 spiro atoms. The number of aliphatic hydroxyl groups is 1. The van der Waals surface area contributed by atoms with Crippen molar-refractivity contribution in [2.75, 3.05) is 19.8 Å². The SMILES string of the molecule is O=C(O)[C@H]1CC[C@@H](OCCCCc2ccccc2)C1.O=C(O)[C@H]1CC[C@H](O)C1.O=C(OCCCCc1ccccc1)[C@H]1CC[C@@H](OCCCCc2ccccc2)C1. The van der Waals surface area contributed by atoms with Gasteiger partial charge in [0, 0.05) is 13.2 Å². The Hall–Kier alpha value is -4.05. The number of aliphatic hydroxyl groups excluding tert-OH is 1. The average molecular weight is 787 g/mol. The summed E-state index contributed by atoms with van der Waals surface area (Å²) in [5.74, 6) is -1.92. The molecule has 0 saturated heterocycles. The summed E-state index contributed by atoms with van der Waals surface area (Å²) in [7, 11) is 0. The number of carboxylic acid groups (broad SMARTS) is 2. The van der Waals surface area contributed by atoms with E-state index in [9.17, 15) is 14.4 Å². The number of carboxylic acids is 2. The van der Waals surface area contributed by atoms with Crippen LogP contribution in [0.25, 0.3) is 0 Å². The summed E-state index contributed by atoms with van der Waals surface area (Å²) in [6, 6.07) is 31.5. The van der Waals surface area contributed by atoms with Crippen molar-refractivity contribution in [2.24, 2.45) is 17.8 Å². The van der Waals surface area contributed by atoms with Crippen LogP contribution in [0.4, 0.5) is 0 Å². The second-order valence-corrected chi connectivity index (χ2v) is 15.8. The van der Waals surface area contributed by atoms with Gasteiger partial charge in [-0.15, -0.1) is 0 Å². The van der Waals surface area contributed by atoms with Crippen LogP contribution in [0.15, 0.2) is 91.0 Å². The van der Waals surface area contributed by atoms with Crippen molar-refractivity contribution in [1.29, 1.82) is 0 Å². The molecule has 312 valence electrons. The number of hydrogen-bond donors (Lipinski definition) is 3. The largest absolute Gasteiger partial charge is 0.481 e. The molecule has 57 heavy (non-hydrogen) atoms. The van der Waals surface area contributed by atoms with Crippen molar-refractivity contribution in [2.45, 2.75) is 134 Å². The first-order chi connectivity index (χ1) is 27.8. The van der Waals surface area contributed by atoms with E-state index in [1.165, 1.54) is 16.7 Å². The van der Waals surface area contributed by atoms with Gasteiger partial charge in [0.2, 0.25) is 0 Å².